The smallest absolute Gasteiger partial charge is 0.270 e. The molecule has 3 aromatic rings. The van der Waals surface area contributed by atoms with E-state index >= 15 is 0 Å². The van der Waals surface area contributed by atoms with Gasteiger partial charge in [0.05, 0.1) is 5.69 Å². The zero-order valence-corrected chi connectivity index (χ0v) is 14.5. The summed E-state index contributed by atoms with van der Waals surface area (Å²) in [5, 5.41) is 0.900. The summed E-state index contributed by atoms with van der Waals surface area (Å²) in [4.78, 5) is 20.5. The van der Waals surface area contributed by atoms with Crippen LogP contribution >= 0.6 is 11.3 Å². The van der Waals surface area contributed by atoms with Crippen molar-refractivity contribution in [1.82, 2.24) is 4.98 Å². The number of para-hydroxylation sites is 1. The normalized spacial score (nSPS) is 16.2. The zero-order valence-electron chi connectivity index (χ0n) is 13.7. The lowest BCUT2D eigenvalue weighted by Gasteiger charge is -2.22. The van der Waals surface area contributed by atoms with Crippen LogP contribution in [-0.2, 0) is 6.42 Å². The summed E-state index contributed by atoms with van der Waals surface area (Å²) >= 11 is 1.48. The van der Waals surface area contributed by atoms with Crippen LogP contribution in [0.25, 0.3) is 10.6 Å². The highest BCUT2D eigenvalue weighted by molar-refractivity contribution is 7.17. The molecule has 120 valence electrons. The minimum absolute atomic E-state index is 0.0598. The highest BCUT2D eigenvalue weighted by atomic mass is 32.1. The summed E-state index contributed by atoms with van der Waals surface area (Å²) in [7, 11) is 0. The summed E-state index contributed by atoms with van der Waals surface area (Å²) in [6.45, 7) is 4.02. The van der Waals surface area contributed by atoms with Crippen molar-refractivity contribution in [2.75, 3.05) is 4.90 Å². The first-order valence-electron chi connectivity index (χ1n) is 8.09. The largest absolute Gasteiger partial charge is 0.304 e. The third-order valence-corrected chi connectivity index (χ3v) is 5.63. The lowest BCUT2D eigenvalue weighted by molar-refractivity contribution is 0.0984. The maximum absolute atomic E-state index is 13.2. The Balaban J connectivity index is 1.72. The number of benzene rings is 2. The van der Waals surface area contributed by atoms with E-state index < -0.39 is 0 Å². The van der Waals surface area contributed by atoms with Gasteiger partial charge in [0.15, 0.2) is 0 Å². The molecular formula is C20H18N2OS. The second-order valence-electron chi connectivity index (χ2n) is 6.16. The van der Waals surface area contributed by atoms with E-state index in [4.69, 9.17) is 0 Å². The maximum atomic E-state index is 13.2. The number of fused-ring (bicyclic) bond motifs is 1. The summed E-state index contributed by atoms with van der Waals surface area (Å²) < 4.78 is 0. The molecule has 0 fully saturated rings. The van der Waals surface area contributed by atoms with Crippen LogP contribution in [0.5, 0.6) is 0 Å². The van der Waals surface area contributed by atoms with E-state index in [2.05, 4.69) is 18.0 Å². The van der Waals surface area contributed by atoms with Gasteiger partial charge in [-0.1, -0.05) is 48.5 Å². The Kier molecular flexibility index (Phi) is 3.69. The summed E-state index contributed by atoms with van der Waals surface area (Å²) in [6, 6.07) is 18.4. The van der Waals surface area contributed by atoms with Crippen molar-refractivity contribution >= 4 is 22.9 Å². The molecule has 0 saturated carbocycles. The molecule has 0 saturated heterocycles. The number of nitrogens with zero attached hydrogens (tertiary/aromatic N) is 2. The fourth-order valence-corrected chi connectivity index (χ4v) is 4.29. The third kappa shape index (κ3) is 2.43. The lowest BCUT2D eigenvalue weighted by atomic mass is 10.1. The minimum Gasteiger partial charge on any atom is -0.304 e. The van der Waals surface area contributed by atoms with Gasteiger partial charge in [0.1, 0.15) is 9.88 Å². The molecule has 1 aliphatic rings. The average molecular weight is 334 g/mol. The van der Waals surface area contributed by atoms with Gasteiger partial charge >= 0.3 is 0 Å². The quantitative estimate of drug-likeness (QED) is 0.680. The molecule has 0 spiro atoms. The highest BCUT2D eigenvalue weighted by Gasteiger charge is 2.33. The number of thiazole rings is 1. The van der Waals surface area contributed by atoms with Gasteiger partial charge in [0.25, 0.3) is 5.91 Å². The fraction of sp³-hybridized carbons (Fsp3) is 0.200. The monoisotopic (exact) mass is 334 g/mol. The molecule has 0 radical (unpaired) electrons. The molecule has 1 aliphatic heterocycles. The predicted octanol–water partition coefficient (Wildman–Crippen LogP) is 4.71. The van der Waals surface area contributed by atoms with Crippen molar-refractivity contribution in [3.05, 3.63) is 70.7 Å². The van der Waals surface area contributed by atoms with Crippen LogP contribution < -0.4 is 4.90 Å². The molecule has 2 aromatic carbocycles. The van der Waals surface area contributed by atoms with Gasteiger partial charge in [-0.05, 0) is 31.9 Å². The van der Waals surface area contributed by atoms with Crippen molar-refractivity contribution in [3.8, 4) is 10.6 Å². The van der Waals surface area contributed by atoms with Crippen molar-refractivity contribution in [2.24, 2.45) is 0 Å². The molecule has 4 heteroatoms. The Hall–Kier alpha value is -2.46. The Morgan fingerprint density at radius 3 is 2.62 bits per heavy atom. The molecule has 1 aromatic heterocycles. The summed E-state index contributed by atoms with van der Waals surface area (Å²) in [5.74, 6) is 0.0598. The first kappa shape index (κ1) is 15.1. The van der Waals surface area contributed by atoms with Gasteiger partial charge in [0, 0.05) is 17.3 Å². The standard InChI is InChI=1S/C20H18N2OS/c1-13-12-16-10-6-7-11-17(16)22(13)20(23)18-14(2)21-19(24-18)15-8-4-3-5-9-15/h3-11,13H,12H2,1-2H3. The number of carbonyl (C=O) groups excluding carboxylic acids is 1. The van der Waals surface area contributed by atoms with Crippen LogP contribution in [0, 0.1) is 6.92 Å². The van der Waals surface area contributed by atoms with Gasteiger partial charge < -0.3 is 4.90 Å². The summed E-state index contributed by atoms with van der Waals surface area (Å²) in [6.07, 6.45) is 0.908. The van der Waals surface area contributed by atoms with Crippen molar-refractivity contribution < 1.29 is 4.79 Å². The van der Waals surface area contributed by atoms with Crippen LogP contribution in [0.1, 0.15) is 27.9 Å². The predicted molar refractivity (Wildman–Crippen MR) is 98.7 cm³/mol. The van der Waals surface area contributed by atoms with Gasteiger partial charge in [0.2, 0.25) is 0 Å². The van der Waals surface area contributed by atoms with E-state index in [1.54, 1.807) is 0 Å². The number of aromatic nitrogens is 1. The number of amides is 1. The number of aryl methyl sites for hydroxylation is 1. The van der Waals surface area contributed by atoms with E-state index in [0.29, 0.717) is 0 Å². The Labute approximate surface area is 145 Å². The first-order valence-corrected chi connectivity index (χ1v) is 8.91. The van der Waals surface area contributed by atoms with Crippen LogP contribution in [0.15, 0.2) is 54.6 Å². The molecule has 0 bridgehead atoms. The van der Waals surface area contributed by atoms with Gasteiger partial charge in [-0.3, -0.25) is 4.79 Å². The number of rotatable bonds is 2. The number of carbonyl (C=O) groups is 1. The van der Waals surface area contributed by atoms with E-state index in [1.165, 1.54) is 16.9 Å². The van der Waals surface area contributed by atoms with Crippen molar-refractivity contribution in [2.45, 2.75) is 26.3 Å². The number of anilines is 1. The number of hydrogen-bond acceptors (Lipinski definition) is 3. The molecule has 3 nitrogen and oxygen atoms in total. The van der Waals surface area contributed by atoms with Gasteiger partial charge in [-0.25, -0.2) is 4.98 Å². The molecule has 0 aliphatic carbocycles. The third-order valence-electron chi connectivity index (χ3n) is 4.44. The molecule has 1 atom stereocenters. The van der Waals surface area contributed by atoms with E-state index in [1.807, 2.05) is 60.4 Å². The maximum Gasteiger partial charge on any atom is 0.270 e. The van der Waals surface area contributed by atoms with E-state index in [-0.39, 0.29) is 11.9 Å². The Bertz CT molecular complexity index is 901. The summed E-state index contributed by atoms with van der Waals surface area (Å²) in [5.41, 5.74) is 4.13. The lowest BCUT2D eigenvalue weighted by Crippen LogP contribution is -2.35. The average Bonchev–Trinajstić information content (AvgIpc) is 3.14. The molecule has 24 heavy (non-hydrogen) atoms. The Morgan fingerprint density at radius 2 is 1.83 bits per heavy atom. The van der Waals surface area contributed by atoms with Crippen LogP contribution in [0.2, 0.25) is 0 Å². The van der Waals surface area contributed by atoms with Gasteiger partial charge in [-0.2, -0.15) is 0 Å². The molecule has 1 unspecified atom stereocenters. The molecular weight excluding hydrogens is 316 g/mol. The van der Waals surface area contributed by atoms with Crippen LogP contribution in [0.3, 0.4) is 0 Å². The number of hydrogen-bond donors (Lipinski definition) is 0. The second-order valence-corrected chi connectivity index (χ2v) is 7.16. The van der Waals surface area contributed by atoms with Crippen LogP contribution in [-0.4, -0.2) is 16.9 Å². The minimum atomic E-state index is 0.0598. The fourth-order valence-electron chi connectivity index (χ4n) is 3.28. The molecule has 0 N–H and O–H groups in total. The second kappa shape index (κ2) is 5.87. The van der Waals surface area contributed by atoms with Gasteiger partial charge in [-0.15, -0.1) is 11.3 Å². The van der Waals surface area contributed by atoms with Crippen LogP contribution in [0.4, 0.5) is 5.69 Å². The topological polar surface area (TPSA) is 33.2 Å². The molecule has 2 heterocycles. The Morgan fingerprint density at radius 1 is 1.12 bits per heavy atom. The van der Waals surface area contributed by atoms with Crippen molar-refractivity contribution in [1.29, 1.82) is 0 Å². The molecule has 1 amide bonds. The molecule has 4 rings (SSSR count). The van der Waals surface area contributed by atoms with E-state index in [9.17, 15) is 4.79 Å². The van der Waals surface area contributed by atoms with Crippen molar-refractivity contribution in [3.63, 3.8) is 0 Å². The highest BCUT2D eigenvalue weighted by Crippen LogP contribution is 2.36. The van der Waals surface area contributed by atoms with E-state index in [0.717, 1.165) is 33.3 Å². The zero-order chi connectivity index (χ0) is 16.7. The first-order chi connectivity index (χ1) is 11.6. The SMILES string of the molecule is Cc1nc(-c2ccccc2)sc1C(=O)N1c2ccccc2CC1C.